The van der Waals surface area contributed by atoms with Gasteiger partial charge in [0.05, 0.1) is 19.1 Å². The van der Waals surface area contributed by atoms with Crippen LogP contribution < -0.4 is 18.9 Å². The molecule has 5 heteroatoms. The van der Waals surface area contributed by atoms with Gasteiger partial charge in [0.25, 0.3) is 0 Å². The van der Waals surface area contributed by atoms with Gasteiger partial charge in [0, 0.05) is 22.1 Å². The number of rotatable bonds is 4. The Labute approximate surface area is 243 Å². The zero-order valence-corrected chi connectivity index (χ0v) is 23.7. The highest BCUT2D eigenvalue weighted by Gasteiger charge is 2.40. The van der Waals surface area contributed by atoms with Crippen molar-refractivity contribution in [2.75, 3.05) is 20.2 Å². The molecule has 202 valence electrons. The monoisotopic (exact) mass is 556 g/mol. The zero-order valence-electron chi connectivity index (χ0n) is 22.9. The fourth-order valence-electron chi connectivity index (χ4n) is 6.56. The van der Waals surface area contributed by atoms with Crippen molar-refractivity contribution in [1.82, 2.24) is 0 Å². The first-order valence-corrected chi connectivity index (χ1v) is 14.8. The molecule has 0 atom stereocenters. The molecular formula is C36H28O4S. The normalized spacial score (nSPS) is 15.7. The van der Waals surface area contributed by atoms with Crippen molar-refractivity contribution in [1.29, 1.82) is 0 Å². The van der Waals surface area contributed by atoms with Crippen LogP contribution in [0.15, 0.2) is 95.9 Å². The average molecular weight is 557 g/mol. The highest BCUT2D eigenvalue weighted by Crippen LogP contribution is 2.53. The van der Waals surface area contributed by atoms with Gasteiger partial charge < -0.3 is 18.9 Å². The van der Waals surface area contributed by atoms with Crippen molar-refractivity contribution < 1.29 is 18.9 Å². The Bertz CT molecular complexity index is 1810. The maximum absolute atomic E-state index is 7.34. The number of thioether (sulfide) groups is 1. The summed E-state index contributed by atoms with van der Waals surface area (Å²) in [4.78, 5) is 1.19. The summed E-state index contributed by atoms with van der Waals surface area (Å²) < 4.78 is 24.3. The number of methoxy groups -OCH3 is 2. The molecule has 2 aliphatic heterocycles. The summed E-state index contributed by atoms with van der Waals surface area (Å²) in [7, 11) is 3.38. The third-order valence-electron chi connectivity index (χ3n) is 8.61. The van der Waals surface area contributed by atoms with E-state index in [-0.39, 0.29) is 0 Å². The van der Waals surface area contributed by atoms with Gasteiger partial charge in [-0.25, -0.2) is 0 Å². The van der Waals surface area contributed by atoms with Crippen LogP contribution in [0.3, 0.4) is 0 Å². The van der Waals surface area contributed by atoms with Crippen molar-refractivity contribution in [3.05, 3.63) is 119 Å². The number of aryl methyl sites for hydroxylation is 1. The lowest BCUT2D eigenvalue weighted by Crippen LogP contribution is -2.34. The second-order valence-electron chi connectivity index (χ2n) is 10.6. The zero-order chi connectivity index (χ0) is 27.6. The van der Waals surface area contributed by atoms with Gasteiger partial charge in [-0.2, -0.15) is 0 Å². The van der Waals surface area contributed by atoms with Gasteiger partial charge in [-0.1, -0.05) is 66.4 Å². The second kappa shape index (κ2) is 9.35. The molecule has 0 radical (unpaired) electrons. The molecule has 5 aromatic carbocycles. The molecule has 0 bridgehead atoms. The van der Waals surface area contributed by atoms with E-state index < -0.39 is 5.60 Å². The first-order chi connectivity index (χ1) is 20.2. The third kappa shape index (κ3) is 3.69. The lowest BCUT2D eigenvalue weighted by molar-refractivity contribution is 0.163. The smallest absolute Gasteiger partial charge is 0.178 e. The van der Waals surface area contributed by atoms with Crippen molar-refractivity contribution in [2.45, 2.75) is 23.3 Å². The minimum absolute atomic E-state index is 0.634. The highest BCUT2D eigenvalue weighted by molar-refractivity contribution is 7.99. The van der Waals surface area contributed by atoms with Crippen LogP contribution in [0.2, 0.25) is 0 Å². The van der Waals surface area contributed by atoms with Gasteiger partial charge >= 0.3 is 0 Å². The van der Waals surface area contributed by atoms with Crippen LogP contribution in [-0.4, -0.2) is 20.2 Å². The lowest BCUT2D eigenvalue weighted by atomic mass is 9.77. The molecule has 1 aliphatic carbocycles. The molecular weight excluding hydrogens is 528 g/mol. The fraction of sp³-hybridized carbons (Fsp3) is 0.167. The van der Waals surface area contributed by atoms with Gasteiger partial charge in [-0.15, -0.1) is 0 Å². The van der Waals surface area contributed by atoms with Crippen LogP contribution in [0.25, 0.3) is 28.0 Å². The molecule has 0 amide bonds. The standard InChI is InChI=1S/C36H28O4S/c1-37-25-12-8-23(9-13-25)36(24-10-14-26(38-2)15-11-24)18-17-29-28-16-7-22-5-3-4-6-27(22)34(28)30-20-33-32(39-21-41-33)19-31(30)35(29)40-36/h3-6,8-15,17-20H,7,16,21H2,1-2H3. The molecule has 0 unspecified atom stereocenters. The predicted octanol–water partition coefficient (Wildman–Crippen LogP) is 8.41. The topological polar surface area (TPSA) is 36.9 Å². The summed E-state index contributed by atoms with van der Waals surface area (Å²) in [6, 6.07) is 29.7. The number of hydrogen-bond donors (Lipinski definition) is 0. The summed E-state index contributed by atoms with van der Waals surface area (Å²) >= 11 is 1.75. The van der Waals surface area contributed by atoms with E-state index in [1.54, 1.807) is 26.0 Å². The molecule has 0 aromatic heterocycles. The van der Waals surface area contributed by atoms with Crippen LogP contribution >= 0.6 is 11.8 Å². The summed E-state index contributed by atoms with van der Waals surface area (Å²) in [6.07, 6.45) is 6.48. The molecule has 0 N–H and O–H groups in total. The fourth-order valence-corrected chi connectivity index (χ4v) is 7.34. The van der Waals surface area contributed by atoms with Gasteiger partial charge in [0.1, 0.15) is 28.9 Å². The first kappa shape index (κ1) is 24.4. The summed E-state index contributed by atoms with van der Waals surface area (Å²) in [5.74, 6) is 4.07. The molecule has 2 heterocycles. The van der Waals surface area contributed by atoms with E-state index in [2.05, 4.69) is 72.8 Å². The molecule has 5 aromatic rings. The Balaban J connectivity index is 1.41. The Morgan fingerprint density at radius 1 is 0.780 bits per heavy atom. The number of fused-ring (bicyclic) bond motifs is 9. The van der Waals surface area contributed by atoms with E-state index in [9.17, 15) is 0 Å². The number of benzene rings is 5. The van der Waals surface area contributed by atoms with Crippen LogP contribution in [0.4, 0.5) is 0 Å². The number of ether oxygens (including phenoxy) is 4. The second-order valence-corrected chi connectivity index (χ2v) is 11.6. The van der Waals surface area contributed by atoms with E-state index in [4.69, 9.17) is 18.9 Å². The van der Waals surface area contributed by atoms with Crippen LogP contribution in [-0.2, 0) is 18.4 Å². The van der Waals surface area contributed by atoms with Gasteiger partial charge in [-0.3, -0.25) is 0 Å². The Morgan fingerprint density at radius 3 is 2.20 bits per heavy atom. The van der Waals surface area contributed by atoms with Crippen molar-refractivity contribution in [2.24, 2.45) is 0 Å². The van der Waals surface area contributed by atoms with E-state index in [1.165, 1.54) is 32.5 Å². The van der Waals surface area contributed by atoms with Crippen LogP contribution in [0.5, 0.6) is 23.0 Å². The Morgan fingerprint density at radius 2 is 1.49 bits per heavy atom. The van der Waals surface area contributed by atoms with Crippen molar-refractivity contribution in [3.63, 3.8) is 0 Å². The van der Waals surface area contributed by atoms with Crippen LogP contribution in [0, 0.1) is 0 Å². The molecule has 3 aliphatic rings. The first-order valence-electron chi connectivity index (χ1n) is 13.9. The predicted molar refractivity (Wildman–Crippen MR) is 165 cm³/mol. The van der Waals surface area contributed by atoms with E-state index in [1.807, 2.05) is 24.3 Å². The minimum Gasteiger partial charge on any atom is -0.497 e. The Hall–Kier alpha value is -4.35. The maximum atomic E-state index is 7.34. The lowest BCUT2D eigenvalue weighted by Gasteiger charge is -2.38. The third-order valence-corrected chi connectivity index (χ3v) is 9.48. The molecule has 0 saturated carbocycles. The van der Waals surface area contributed by atoms with Gasteiger partial charge in [0.2, 0.25) is 0 Å². The maximum Gasteiger partial charge on any atom is 0.178 e. The van der Waals surface area contributed by atoms with E-state index >= 15 is 0 Å². The van der Waals surface area contributed by atoms with Crippen LogP contribution in [0.1, 0.15) is 27.8 Å². The van der Waals surface area contributed by atoms with E-state index in [0.29, 0.717) is 5.94 Å². The minimum atomic E-state index is -0.839. The SMILES string of the molecule is COc1ccc(C2(c3ccc(OC)cc3)C=Cc3c4c(c5cc6c(cc5c3O2)OCS6)-c2ccccc2CC4)cc1. The van der Waals surface area contributed by atoms with Crippen molar-refractivity contribution in [3.8, 4) is 34.1 Å². The molecule has 41 heavy (non-hydrogen) atoms. The Kier molecular flexibility index (Phi) is 5.58. The largest absolute Gasteiger partial charge is 0.497 e. The average Bonchev–Trinajstić information content (AvgIpc) is 3.51. The van der Waals surface area contributed by atoms with Gasteiger partial charge in [0.15, 0.2) is 5.60 Å². The molecule has 8 rings (SSSR count). The molecule has 0 spiro atoms. The van der Waals surface area contributed by atoms with E-state index in [0.717, 1.165) is 57.9 Å². The molecule has 4 nitrogen and oxygen atoms in total. The molecule has 0 saturated heterocycles. The quantitative estimate of drug-likeness (QED) is 0.222. The molecule has 0 fully saturated rings. The highest BCUT2D eigenvalue weighted by atomic mass is 32.2. The van der Waals surface area contributed by atoms with Crippen molar-refractivity contribution >= 4 is 28.6 Å². The summed E-state index contributed by atoms with van der Waals surface area (Å²) in [6.45, 7) is 0. The summed E-state index contributed by atoms with van der Waals surface area (Å²) in [5.41, 5.74) is 7.76. The van der Waals surface area contributed by atoms with Gasteiger partial charge in [-0.05, 0) is 83.0 Å². The number of hydrogen-bond acceptors (Lipinski definition) is 5. The summed E-state index contributed by atoms with van der Waals surface area (Å²) in [5, 5.41) is 2.30.